The lowest BCUT2D eigenvalue weighted by Gasteiger charge is -2.27. The maximum Gasteiger partial charge on any atom is 0.317 e. The summed E-state index contributed by atoms with van der Waals surface area (Å²) in [6.07, 6.45) is 0. The maximum atomic E-state index is 11.4. The summed E-state index contributed by atoms with van der Waals surface area (Å²) in [4.78, 5) is 15.4. The van der Waals surface area contributed by atoms with Crippen molar-refractivity contribution in [3.63, 3.8) is 0 Å². The van der Waals surface area contributed by atoms with Gasteiger partial charge in [0.25, 0.3) is 0 Å². The van der Waals surface area contributed by atoms with Crippen LogP contribution in [0, 0.1) is 0 Å². The second-order valence-electron chi connectivity index (χ2n) is 7.56. The molecule has 3 aromatic rings. The summed E-state index contributed by atoms with van der Waals surface area (Å²) in [5, 5.41) is 29.6. The van der Waals surface area contributed by atoms with E-state index in [2.05, 4.69) is 17.0 Å². The van der Waals surface area contributed by atoms with Gasteiger partial charge in [0.2, 0.25) is 0 Å². The zero-order valence-electron chi connectivity index (χ0n) is 17.4. The number of phenolic OH excluding ortho intramolecular Hbond substituents is 2. The Balaban J connectivity index is 1.73. The van der Waals surface area contributed by atoms with Crippen LogP contribution in [0.4, 0.5) is 0 Å². The molecule has 3 rings (SSSR count). The van der Waals surface area contributed by atoms with Crippen LogP contribution in [-0.4, -0.2) is 50.7 Å². The Morgan fingerprint density at radius 3 is 1.68 bits per heavy atom. The van der Waals surface area contributed by atoms with E-state index >= 15 is 0 Å². The van der Waals surface area contributed by atoms with Gasteiger partial charge in [-0.05, 0) is 17.7 Å². The van der Waals surface area contributed by atoms with E-state index in [0.29, 0.717) is 38.3 Å². The number of rotatable bonds is 11. The lowest BCUT2D eigenvalue weighted by molar-refractivity contribution is -0.138. The van der Waals surface area contributed by atoms with E-state index in [9.17, 15) is 20.1 Å². The summed E-state index contributed by atoms with van der Waals surface area (Å²) in [6, 6.07) is 24.3. The molecule has 0 heterocycles. The molecule has 6 nitrogen and oxygen atoms in total. The Bertz CT molecular complexity index is 978. The van der Waals surface area contributed by atoms with Crippen LogP contribution in [0.25, 0.3) is 0 Å². The molecular weight excluding hydrogens is 392 g/mol. The molecule has 3 N–H and O–H groups in total. The van der Waals surface area contributed by atoms with Crippen LogP contribution < -0.4 is 0 Å². The van der Waals surface area contributed by atoms with Gasteiger partial charge in [-0.15, -0.1) is 0 Å². The molecule has 162 valence electrons. The van der Waals surface area contributed by atoms with E-state index in [1.807, 2.05) is 36.4 Å². The summed E-state index contributed by atoms with van der Waals surface area (Å²) in [5.74, 6) is -0.504. The lowest BCUT2D eigenvalue weighted by atomic mass is 10.1. The first kappa shape index (κ1) is 22.3. The highest BCUT2D eigenvalue weighted by Gasteiger charge is 2.16. The highest BCUT2D eigenvalue weighted by Crippen LogP contribution is 2.20. The number of aromatic hydroxyl groups is 2. The maximum absolute atomic E-state index is 11.4. The lowest BCUT2D eigenvalue weighted by Crippen LogP contribution is -2.37. The van der Waals surface area contributed by atoms with Crippen LogP contribution in [-0.2, 0) is 24.4 Å². The Morgan fingerprint density at radius 1 is 0.645 bits per heavy atom. The molecule has 31 heavy (non-hydrogen) atoms. The normalized spacial score (nSPS) is 11.2. The van der Waals surface area contributed by atoms with Crippen molar-refractivity contribution in [2.75, 3.05) is 19.6 Å². The first-order valence-electron chi connectivity index (χ1n) is 10.3. The molecule has 3 aromatic carbocycles. The van der Waals surface area contributed by atoms with Gasteiger partial charge in [0.1, 0.15) is 11.5 Å². The first-order valence-corrected chi connectivity index (χ1v) is 10.3. The topological polar surface area (TPSA) is 84.2 Å². The molecule has 0 saturated heterocycles. The Kier molecular flexibility index (Phi) is 8.04. The fourth-order valence-corrected chi connectivity index (χ4v) is 3.51. The molecular formula is C25H28N2O4. The predicted molar refractivity (Wildman–Crippen MR) is 120 cm³/mol. The SMILES string of the molecule is O=C(O)CN(CCN(Cc1ccccc1)Cc1ccccc1O)Cc1ccccc1O. The Morgan fingerprint density at radius 2 is 1.13 bits per heavy atom. The third-order valence-electron chi connectivity index (χ3n) is 5.11. The number of nitrogens with zero attached hydrogens (tertiary/aromatic N) is 2. The molecule has 0 fully saturated rings. The number of benzene rings is 3. The molecule has 0 aliphatic heterocycles. The molecule has 0 aromatic heterocycles. The number of carboxylic acid groups (broad SMARTS) is 1. The van der Waals surface area contributed by atoms with Crippen molar-refractivity contribution >= 4 is 5.97 Å². The molecule has 0 bridgehead atoms. The molecule has 0 amide bonds. The van der Waals surface area contributed by atoms with Gasteiger partial charge in [-0.2, -0.15) is 0 Å². The van der Waals surface area contributed by atoms with Crippen molar-refractivity contribution in [2.24, 2.45) is 0 Å². The minimum absolute atomic E-state index is 0.121. The van der Waals surface area contributed by atoms with E-state index in [-0.39, 0.29) is 18.0 Å². The molecule has 0 aliphatic carbocycles. The number of carboxylic acids is 1. The van der Waals surface area contributed by atoms with E-state index in [1.54, 1.807) is 35.2 Å². The number of aliphatic carboxylic acids is 1. The third kappa shape index (κ3) is 7.13. The summed E-state index contributed by atoms with van der Waals surface area (Å²) >= 11 is 0. The average Bonchev–Trinajstić information content (AvgIpc) is 2.75. The highest BCUT2D eigenvalue weighted by molar-refractivity contribution is 5.69. The number of phenols is 2. The minimum Gasteiger partial charge on any atom is -0.508 e. The fourth-order valence-electron chi connectivity index (χ4n) is 3.51. The summed E-state index contributed by atoms with van der Waals surface area (Å²) < 4.78 is 0. The molecule has 0 aliphatic rings. The molecule has 0 spiro atoms. The standard InChI is InChI=1S/C25H28N2O4/c28-23-12-6-4-10-21(23)17-26(16-20-8-2-1-3-9-20)14-15-27(19-25(30)31)18-22-11-5-7-13-24(22)29/h1-13,28-29H,14-19H2,(H,30,31). The van der Waals surface area contributed by atoms with Gasteiger partial charge < -0.3 is 15.3 Å². The van der Waals surface area contributed by atoms with Crippen LogP contribution in [0.1, 0.15) is 16.7 Å². The van der Waals surface area contributed by atoms with Gasteiger partial charge in [0, 0.05) is 43.9 Å². The largest absolute Gasteiger partial charge is 0.508 e. The van der Waals surface area contributed by atoms with Crippen molar-refractivity contribution < 1.29 is 20.1 Å². The second kappa shape index (κ2) is 11.2. The third-order valence-corrected chi connectivity index (χ3v) is 5.11. The predicted octanol–water partition coefficient (Wildman–Crippen LogP) is 3.69. The second-order valence-corrected chi connectivity index (χ2v) is 7.56. The van der Waals surface area contributed by atoms with Gasteiger partial charge >= 0.3 is 5.97 Å². The zero-order valence-corrected chi connectivity index (χ0v) is 17.4. The van der Waals surface area contributed by atoms with E-state index in [1.165, 1.54) is 0 Å². The van der Waals surface area contributed by atoms with Crippen molar-refractivity contribution in [3.05, 3.63) is 95.6 Å². The molecule has 0 radical (unpaired) electrons. The summed E-state index contributed by atoms with van der Waals surface area (Å²) in [7, 11) is 0. The van der Waals surface area contributed by atoms with Crippen LogP contribution in [0.5, 0.6) is 11.5 Å². The van der Waals surface area contributed by atoms with Crippen molar-refractivity contribution in [1.82, 2.24) is 9.80 Å². The average molecular weight is 421 g/mol. The smallest absolute Gasteiger partial charge is 0.317 e. The van der Waals surface area contributed by atoms with E-state index < -0.39 is 5.97 Å². The van der Waals surface area contributed by atoms with Crippen molar-refractivity contribution in [2.45, 2.75) is 19.6 Å². The van der Waals surface area contributed by atoms with Gasteiger partial charge in [0.05, 0.1) is 6.54 Å². The van der Waals surface area contributed by atoms with Gasteiger partial charge in [0.15, 0.2) is 0 Å². The summed E-state index contributed by atoms with van der Waals surface area (Å²) in [6.45, 7) is 2.54. The van der Waals surface area contributed by atoms with Crippen LogP contribution >= 0.6 is 0 Å². The van der Waals surface area contributed by atoms with Crippen molar-refractivity contribution in [1.29, 1.82) is 0 Å². The summed E-state index contributed by atoms with van der Waals surface area (Å²) in [5.41, 5.74) is 2.66. The quantitative estimate of drug-likeness (QED) is 0.439. The molecule has 6 heteroatoms. The molecule has 0 atom stereocenters. The number of hydrogen-bond donors (Lipinski definition) is 3. The fraction of sp³-hybridized carbons (Fsp3) is 0.240. The van der Waals surface area contributed by atoms with Crippen LogP contribution in [0.15, 0.2) is 78.9 Å². The monoisotopic (exact) mass is 420 g/mol. The van der Waals surface area contributed by atoms with E-state index in [4.69, 9.17) is 0 Å². The van der Waals surface area contributed by atoms with Crippen LogP contribution in [0.2, 0.25) is 0 Å². The first-order chi connectivity index (χ1) is 15.0. The zero-order chi connectivity index (χ0) is 22.1. The van der Waals surface area contributed by atoms with Crippen molar-refractivity contribution in [3.8, 4) is 11.5 Å². The van der Waals surface area contributed by atoms with Crippen LogP contribution in [0.3, 0.4) is 0 Å². The van der Waals surface area contributed by atoms with Gasteiger partial charge in [-0.3, -0.25) is 14.6 Å². The molecule has 0 unspecified atom stereocenters. The Hall–Kier alpha value is -3.35. The van der Waals surface area contributed by atoms with E-state index in [0.717, 1.165) is 11.1 Å². The van der Waals surface area contributed by atoms with Gasteiger partial charge in [-0.25, -0.2) is 0 Å². The number of para-hydroxylation sites is 2. The minimum atomic E-state index is -0.911. The number of hydrogen-bond acceptors (Lipinski definition) is 5. The Labute approximate surface area is 182 Å². The van der Waals surface area contributed by atoms with Gasteiger partial charge in [-0.1, -0.05) is 66.7 Å². The molecule has 0 saturated carbocycles. The highest BCUT2D eigenvalue weighted by atomic mass is 16.4. The number of carbonyl (C=O) groups is 1.